The summed E-state index contributed by atoms with van der Waals surface area (Å²) in [6.07, 6.45) is 0. The Kier molecular flexibility index (Phi) is 11.5. The van der Waals surface area contributed by atoms with E-state index in [1.165, 1.54) is 0 Å². The molecule has 0 N–H and O–H groups in total. The zero-order valence-corrected chi connectivity index (χ0v) is 8.49. The van der Waals surface area contributed by atoms with Gasteiger partial charge in [0.1, 0.15) is 0 Å². The first-order chi connectivity index (χ1) is 1.73. The van der Waals surface area contributed by atoms with Crippen LogP contribution in [0.4, 0.5) is 0 Å². The Morgan fingerprint density at radius 2 is 1.40 bits per heavy atom. The van der Waals surface area contributed by atoms with Gasteiger partial charge in [-0.2, -0.15) is 0 Å². The molecule has 0 amide bonds. The fraction of sp³-hybridized carbons (Fsp3) is 0. The van der Waals surface area contributed by atoms with E-state index in [1.54, 1.807) is 0 Å². The maximum atomic E-state index is 8.54. The van der Waals surface area contributed by atoms with Crippen LogP contribution >= 0.6 is 0 Å². The first-order valence-electron chi connectivity index (χ1n) is 0.500. The minimum Gasteiger partial charge on any atom is 2.00 e. The van der Waals surface area contributed by atoms with E-state index >= 15 is 0 Å². The van der Waals surface area contributed by atoms with E-state index in [0.29, 0.717) is 0 Å². The summed E-state index contributed by atoms with van der Waals surface area (Å²) >= 11 is -3.79. The average Bonchev–Trinajstić information content (AvgIpc) is 0.811. The van der Waals surface area contributed by atoms with Crippen molar-refractivity contribution in [3.63, 3.8) is 0 Å². The van der Waals surface area contributed by atoms with Crippen molar-refractivity contribution in [1.29, 1.82) is 0 Å². The van der Waals surface area contributed by atoms with Crippen molar-refractivity contribution in [2.24, 2.45) is 0 Å². The molecule has 0 fully saturated rings. The van der Waals surface area contributed by atoms with E-state index in [2.05, 4.69) is 0 Å². The summed E-state index contributed by atoms with van der Waals surface area (Å²) in [5.41, 5.74) is 0. The molecular weight excluding hydrogens is 264 g/mol. The van der Waals surface area contributed by atoms with E-state index in [0.717, 1.165) is 0 Å². The van der Waals surface area contributed by atoms with E-state index in [1.807, 2.05) is 0 Å². The summed E-state index contributed by atoms with van der Waals surface area (Å²) < 4.78 is 25.6. The van der Waals surface area contributed by atoms with Gasteiger partial charge in [0.25, 0.3) is 0 Å². The largest absolute Gasteiger partial charge is 2.00 e. The molecule has 3 nitrogen and oxygen atoms in total. The normalized spacial score (nSPS) is 7.00. The van der Waals surface area contributed by atoms with Crippen molar-refractivity contribution in [2.45, 2.75) is 0 Å². The van der Waals surface area contributed by atoms with Crippen LogP contribution in [0.25, 0.3) is 0 Å². The van der Waals surface area contributed by atoms with Gasteiger partial charge in [0, 0.05) is 0 Å². The molecule has 0 spiro atoms. The fourth-order valence-electron chi connectivity index (χ4n) is 0. The first kappa shape index (κ1) is 9.94. The third-order valence-electron chi connectivity index (χ3n) is 0. The molecule has 0 heterocycles. The second kappa shape index (κ2) is 5.81. The Morgan fingerprint density at radius 1 is 1.40 bits per heavy atom. The fourth-order valence-corrected chi connectivity index (χ4v) is 0. The van der Waals surface area contributed by atoms with Gasteiger partial charge in [0.2, 0.25) is 0 Å². The first-order valence-corrected chi connectivity index (χ1v) is 2.60. The Balaban J connectivity index is 0. The van der Waals surface area contributed by atoms with Crippen molar-refractivity contribution in [3.8, 4) is 0 Å². The van der Waals surface area contributed by atoms with E-state index in [4.69, 9.17) is 12.2 Å². The van der Waals surface area contributed by atoms with Crippen LogP contribution in [0.15, 0.2) is 0 Å². The molecule has 0 aromatic rings. The third kappa shape index (κ3) is 25.7. The molecule has 0 saturated carbocycles. The molecule has 0 atom stereocenters. The molecule has 26 valence electrons. The molecule has 0 bridgehead atoms. The van der Waals surface area contributed by atoms with Crippen LogP contribution < -0.4 is 8.38 Å². The Morgan fingerprint density at radius 3 is 1.40 bits per heavy atom. The topological polar surface area (TPSA) is 63.2 Å². The molecule has 5 heavy (non-hydrogen) atoms. The Hall–Kier alpha value is 1.81. The number of hydrogen-bond acceptors (Lipinski definition) is 3. The van der Waals surface area contributed by atoms with Crippen LogP contribution in [0.5, 0.6) is 0 Å². The maximum absolute atomic E-state index is 8.54. The minimum absolute atomic E-state index is 0. The molecule has 0 saturated heterocycles. The monoisotopic (exact) mass is 266 g/mol. The SMILES string of the molecule is O=[Se]([O-])[O-].[Ba+2]. The zero-order valence-electron chi connectivity index (χ0n) is 2.34. The quantitative estimate of drug-likeness (QED) is 0.432. The zero-order chi connectivity index (χ0) is 3.58. The summed E-state index contributed by atoms with van der Waals surface area (Å²) in [7, 11) is 0. The van der Waals surface area contributed by atoms with Crippen LogP contribution in [0.1, 0.15) is 0 Å². The molecule has 0 unspecified atom stereocenters. The smallest absolute Gasteiger partial charge is 2.00 e. The van der Waals surface area contributed by atoms with Crippen molar-refractivity contribution in [1.82, 2.24) is 0 Å². The summed E-state index contributed by atoms with van der Waals surface area (Å²) in [5, 5.41) is 0. The second-order valence-electron chi connectivity index (χ2n) is 0.204. The van der Waals surface area contributed by atoms with Crippen molar-refractivity contribution >= 4 is 63.4 Å². The summed E-state index contributed by atoms with van der Waals surface area (Å²) in [4.78, 5) is 0. The van der Waals surface area contributed by atoms with E-state index < -0.39 is 14.5 Å². The van der Waals surface area contributed by atoms with Gasteiger partial charge in [-0.1, -0.05) is 0 Å². The van der Waals surface area contributed by atoms with Gasteiger partial charge >= 0.3 is 75.6 Å². The van der Waals surface area contributed by atoms with Gasteiger partial charge in [-0.3, -0.25) is 0 Å². The molecule has 0 radical (unpaired) electrons. The van der Waals surface area contributed by atoms with Crippen LogP contribution in [0, 0.1) is 0 Å². The summed E-state index contributed by atoms with van der Waals surface area (Å²) in [6, 6.07) is 0. The Bertz CT molecular complexity index is 29.9. The summed E-state index contributed by atoms with van der Waals surface area (Å²) in [6.45, 7) is 0. The van der Waals surface area contributed by atoms with Gasteiger partial charge in [0.05, 0.1) is 0 Å². The van der Waals surface area contributed by atoms with Gasteiger partial charge < -0.3 is 0 Å². The molecule has 5 heteroatoms. The standard InChI is InChI=1S/Ba.H2O3Se/c;1-4(2)3/h;(H2,1,2,3)/q+2;/p-2. The molecule has 0 aliphatic rings. The van der Waals surface area contributed by atoms with Crippen molar-refractivity contribution in [2.75, 3.05) is 0 Å². The molecule has 0 aliphatic carbocycles. The van der Waals surface area contributed by atoms with Crippen LogP contribution in [-0.2, 0) is 3.83 Å². The molecule has 0 aromatic carbocycles. The number of rotatable bonds is 0. The molecular formula is BaO3Se. The predicted octanol–water partition coefficient (Wildman–Crippen LogP) is -3.26. The van der Waals surface area contributed by atoms with Crippen LogP contribution in [-0.4, -0.2) is 63.4 Å². The van der Waals surface area contributed by atoms with E-state index in [-0.39, 0.29) is 48.9 Å². The molecule has 0 rings (SSSR count). The van der Waals surface area contributed by atoms with Gasteiger partial charge in [-0.25, -0.2) is 0 Å². The maximum Gasteiger partial charge on any atom is 2.00 e. The minimum atomic E-state index is -3.79. The molecule has 0 aliphatic heterocycles. The number of hydrogen-bond donors (Lipinski definition) is 0. The summed E-state index contributed by atoms with van der Waals surface area (Å²) in [5.74, 6) is 0. The van der Waals surface area contributed by atoms with Gasteiger partial charge in [0.15, 0.2) is 0 Å². The van der Waals surface area contributed by atoms with Crippen LogP contribution in [0.3, 0.4) is 0 Å². The van der Waals surface area contributed by atoms with Gasteiger partial charge in [-0.05, 0) is 0 Å². The second-order valence-corrected chi connectivity index (χ2v) is 1.06. The van der Waals surface area contributed by atoms with E-state index in [9.17, 15) is 0 Å². The third-order valence-corrected chi connectivity index (χ3v) is 0. The Labute approximate surface area is 74.2 Å². The average molecular weight is 264 g/mol. The van der Waals surface area contributed by atoms with Crippen LogP contribution in [0.2, 0.25) is 0 Å². The van der Waals surface area contributed by atoms with Crippen molar-refractivity contribution < 1.29 is 12.2 Å². The molecule has 0 aromatic heterocycles. The van der Waals surface area contributed by atoms with Crippen molar-refractivity contribution in [3.05, 3.63) is 0 Å². The van der Waals surface area contributed by atoms with Gasteiger partial charge in [-0.15, -0.1) is 0 Å². The predicted molar refractivity (Wildman–Crippen MR) is 12.2 cm³/mol.